The average Bonchev–Trinajstić information content (AvgIpc) is 2.47. The van der Waals surface area contributed by atoms with E-state index < -0.39 is 0 Å². The van der Waals surface area contributed by atoms with Crippen LogP contribution in [0, 0.1) is 0 Å². The molecule has 1 aromatic heterocycles. The van der Waals surface area contributed by atoms with Crippen molar-refractivity contribution in [2.75, 3.05) is 5.73 Å². The first-order valence-corrected chi connectivity index (χ1v) is 4.84. The average molecular weight is 181 g/mol. The summed E-state index contributed by atoms with van der Waals surface area (Å²) in [6, 6.07) is 0. The Morgan fingerprint density at radius 2 is 2.08 bits per heavy atom. The third kappa shape index (κ3) is 1.69. The molecule has 0 aromatic carbocycles. The van der Waals surface area contributed by atoms with Gasteiger partial charge in [0.1, 0.15) is 5.82 Å². The van der Waals surface area contributed by atoms with Crippen molar-refractivity contribution < 1.29 is 0 Å². The van der Waals surface area contributed by atoms with Gasteiger partial charge in [-0.3, -0.25) is 0 Å². The van der Waals surface area contributed by atoms with E-state index in [-0.39, 0.29) is 5.41 Å². The largest absolute Gasteiger partial charge is 0.384 e. The molecule has 0 bridgehead atoms. The number of hydrogen-bond donors (Lipinski definition) is 1. The number of imidazole rings is 1. The molecule has 2 N–H and O–H groups in total. The zero-order valence-corrected chi connectivity index (χ0v) is 8.96. The molecule has 3 nitrogen and oxygen atoms in total. The number of aryl methyl sites for hydroxylation is 1. The van der Waals surface area contributed by atoms with E-state index in [0.29, 0.717) is 0 Å². The molecule has 1 aromatic rings. The van der Waals surface area contributed by atoms with Crippen molar-refractivity contribution in [2.24, 2.45) is 0 Å². The van der Waals surface area contributed by atoms with Crippen molar-refractivity contribution in [3.8, 4) is 0 Å². The van der Waals surface area contributed by atoms with Crippen LogP contribution in [0.4, 0.5) is 5.82 Å². The van der Waals surface area contributed by atoms with Crippen molar-refractivity contribution in [3.63, 3.8) is 0 Å². The van der Waals surface area contributed by atoms with Gasteiger partial charge in [0.15, 0.2) is 0 Å². The van der Waals surface area contributed by atoms with Crippen molar-refractivity contribution in [2.45, 2.75) is 46.1 Å². The molecule has 0 unspecified atom stereocenters. The number of nitrogens with zero attached hydrogens (tertiary/aromatic N) is 2. The number of nitrogens with two attached hydrogens (primary N) is 1. The lowest BCUT2D eigenvalue weighted by atomic mass is 9.86. The van der Waals surface area contributed by atoms with Gasteiger partial charge in [-0.15, -0.1) is 0 Å². The molecule has 0 amide bonds. The van der Waals surface area contributed by atoms with Crippen LogP contribution >= 0.6 is 0 Å². The fraction of sp³-hybridized carbons (Fsp3) is 0.700. The van der Waals surface area contributed by atoms with Gasteiger partial charge in [0.05, 0.1) is 12.0 Å². The molecular formula is C10H19N3. The Morgan fingerprint density at radius 1 is 1.46 bits per heavy atom. The van der Waals surface area contributed by atoms with E-state index in [0.717, 1.165) is 24.5 Å². The predicted octanol–water partition coefficient (Wildman–Crippen LogP) is 2.17. The zero-order valence-electron chi connectivity index (χ0n) is 8.96. The molecule has 0 fully saturated rings. The van der Waals surface area contributed by atoms with E-state index >= 15 is 0 Å². The first kappa shape index (κ1) is 10.1. The molecule has 0 aliphatic carbocycles. The highest BCUT2D eigenvalue weighted by atomic mass is 15.1. The fourth-order valence-corrected chi connectivity index (χ4v) is 1.33. The summed E-state index contributed by atoms with van der Waals surface area (Å²) in [7, 11) is 0. The lowest BCUT2D eigenvalue weighted by Crippen LogP contribution is -2.18. The fourth-order valence-electron chi connectivity index (χ4n) is 1.33. The number of anilines is 1. The molecule has 1 rings (SSSR count). The van der Waals surface area contributed by atoms with Gasteiger partial charge in [0.25, 0.3) is 0 Å². The Bertz CT molecular complexity index is 286. The molecule has 3 heteroatoms. The molecule has 0 aliphatic heterocycles. The van der Waals surface area contributed by atoms with Gasteiger partial charge < -0.3 is 10.3 Å². The maximum absolute atomic E-state index is 5.98. The van der Waals surface area contributed by atoms with E-state index in [2.05, 4.69) is 32.7 Å². The van der Waals surface area contributed by atoms with Gasteiger partial charge in [-0.1, -0.05) is 20.8 Å². The van der Waals surface area contributed by atoms with Gasteiger partial charge >= 0.3 is 0 Å². The Hall–Kier alpha value is -0.990. The van der Waals surface area contributed by atoms with Crippen LogP contribution in [0.3, 0.4) is 0 Å². The monoisotopic (exact) mass is 181 g/mol. The van der Waals surface area contributed by atoms with Crippen molar-refractivity contribution in [1.82, 2.24) is 9.55 Å². The van der Waals surface area contributed by atoms with Gasteiger partial charge in [-0.25, -0.2) is 4.98 Å². The topological polar surface area (TPSA) is 43.8 Å². The summed E-state index contributed by atoms with van der Waals surface area (Å²) in [6.45, 7) is 9.46. The minimum absolute atomic E-state index is 0.0878. The van der Waals surface area contributed by atoms with Crippen LogP contribution < -0.4 is 5.73 Å². The quantitative estimate of drug-likeness (QED) is 0.776. The van der Waals surface area contributed by atoms with Crippen LogP contribution in [-0.4, -0.2) is 9.55 Å². The van der Waals surface area contributed by atoms with Gasteiger partial charge in [-0.05, 0) is 13.3 Å². The second kappa shape index (κ2) is 3.40. The normalized spacial score (nSPS) is 12.0. The summed E-state index contributed by atoms with van der Waals surface area (Å²) in [5.74, 6) is 0.814. The molecule has 0 radical (unpaired) electrons. The highest BCUT2D eigenvalue weighted by molar-refractivity contribution is 5.40. The molecule has 0 saturated heterocycles. The maximum Gasteiger partial charge on any atom is 0.127 e. The SMILES string of the molecule is CCn1cnc(C(C)(C)CC)c1N. The van der Waals surface area contributed by atoms with E-state index in [1.807, 2.05) is 10.9 Å². The summed E-state index contributed by atoms with van der Waals surface area (Å²) in [6.07, 6.45) is 2.88. The molecule has 0 saturated carbocycles. The highest BCUT2D eigenvalue weighted by Gasteiger charge is 2.24. The third-order valence-corrected chi connectivity index (χ3v) is 2.74. The lowest BCUT2D eigenvalue weighted by molar-refractivity contribution is 0.494. The third-order valence-electron chi connectivity index (χ3n) is 2.74. The molecule has 74 valence electrons. The van der Waals surface area contributed by atoms with Gasteiger partial charge in [0, 0.05) is 12.0 Å². The van der Waals surface area contributed by atoms with E-state index in [1.165, 1.54) is 0 Å². The van der Waals surface area contributed by atoms with Gasteiger partial charge in [-0.2, -0.15) is 0 Å². The van der Waals surface area contributed by atoms with Crippen LogP contribution in [0.15, 0.2) is 6.33 Å². The van der Waals surface area contributed by atoms with Crippen LogP contribution in [0.5, 0.6) is 0 Å². The summed E-state index contributed by atoms with van der Waals surface area (Å²) >= 11 is 0. The molecule has 0 spiro atoms. The van der Waals surface area contributed by atoms with Crippen LogP contribution in [0.25, 0.3) is 0 Å². The van der Waals surface area contributed by atoms with Gasteiger partial charge in [0.2, 0.25) is 0 Å². The standard InChI is InChI=1S/C10H19N3/c1-5-10(3,4)8-9(11)13(6-2)7-12-8/h7H,5-6,11H2,1-4H3. The maximum atomic E-state index is 5.98. The Kier molecular flexibility index (Phi) is 2.64. The molecule has 0 aliphatic rings. The second-order valence-electron chi connectivity index (χ2n) is 4.00. The van der Waals surface area contributed by atoms with Crippen LogP contribution in [-0.2, 0) is 12.0 Å². The summed E-state index contributed by atoms with van der Waals surface area (Å²) in [4.78, 5) is 4.37. The van der Waals surface area contributed by atoms with E-state index in [1.54, 1.807) is 0 Å². The van der Waals surface area contributed by atoms with E-state index in [4.69, 9.17) is 5.73 Å². The highest BCUT2D eigenvalue weighted by Crippen LogP contribution is 2.29. The van der Waals surface area contributed by atoms with E-state index in [9.17, 15) is 0 Å². The summed E-state index contributed by atoms with van der Waals surface area (Å²) in [5.41, 5.74) is 7.09. The number of nitrogen functional groups attached to an aromatic ring is 1. The number of rotatable bonds is 3. The van der Waals surface area contributed by atoms with Crippen LogP contribution in [0.2, 0.25) is 0 Å². The number of hydrogen-bond acceptors (Lipinski definition) is 2. The van der Waals surface area contributed by atoms with Crippen molar-refractivity contribution >= 4 is 5.82 Å². The zero-order chi connectivity index (χ0) is 10.1. The smallest absolute Gasteiger partial charge is 0.127 e. The minimum Gasteiger partial charge on any atom is -0.384 e. The summed E-state index contributed by atoms with van der Waals surface area (Å²) < 4.78 is 1.98. The first-order valence-electron chi connectivity index (χ1n) is 4.84. The number of aromatic nitrogens is 2. The molecule has 13 heavy (non-hydrogen) atoms. The Morgan fingerprint density at radius 3 is 2.46 bits per heavy atom. The Balaban J connectivity index is 3.09. The van der Waals surface area contributed by atoms with Crippen molar-refractivity contribution in [3.05, 3.63) is 12.0 Å². The lowest BCUT2D eigenvalue weighted by Gasteiger charge is -2.20. The molecular weight excluding hydrogens is 162 g/mol. The van der Waals surface area contributed by atoms with Crippen LogP contribution in [0.1, 0.15) is 39.8 Å². The minimum atomic E-state index is 0.0878. The second-order valence-corrected chi connectivity index (χ2v) is 4.00. The van der Waals surface area contributed by atoms with Crippen molar-refractivity contribution in [1.29, 1.82) is 0 Å². The first-order chi connectivity index (χ1) is 6.03. The molecule has 1 heterocycles. The molecule has 0 atom stereocenters. The predicted molar refractivity (Wildman–Crippen MR) is 55.6 cm³/mol. The Labute approximate surface area is 80.0 Å². The summed E-state index contributed by atoms with van der Waals surface area (Å²) in [5, 5.41) is 0.